The van der Waals surface area contributed by atoms with Gasteiger partial charge in [-0.15, -0.1) is 0 Å². The van der Waals surface area contributed by atoms with Crippen molar-refractivity contribution >= 4 is 30.2 Å². The number of hydrogen-bond donors (Lipinski definition) is 3. The highest BCUT2D eigenvalue weighted by molar-refractivity contribution is 6.65. The number of hydrogen-bond acceptors (Lipinski definition) is 5. The summed E-state index contributed by atoms with van der Waals surface area (Å²) in [7, 11) is -1.13. The van der Waals surface area contributed by atoms with Crippen LogP contribution in [0.15, 0.2) is 6.07 Å². The minimum Gasteiger partial charge on any atom is -0.480 e. The zero-order valence-electron chi connectivity index (χ0n) is 9.35. The average Bonchev–Trinajstić information content (AvgIpc) is 2.71. The minimum atomic E-state index is -1.13. The molecule has 1 aromatic carbocycles. The van der Waals surface area contributed by atoms with E-state index < -0.39 is 19.7 Å². The number of nitrogens with two attached hydrogens (primary N) is 1. The summed E-state index contributed by atoms with van der Waals surface area (Å²) in [5.41, 5.74) is 7.44. The fourth-order valence-corrected chi connectivity index (χ4v) is 2.16. The summed E-state index contributed by atoms with van der Waals surface area (Å²) in [6.07, 6.45) is 0. The van der Waals surface area contributed by atoms with E-state index in [4.69, 9.17) is 31.8 Å². The molecule has 0 aromatic heterocycles. The van der Waals surface area contributed by atoms with E-state index in [2.05, 4.69) is 0 Å². The molecule has 0 radical (unpaired) electrons. The lowest BCUT2D eigenvalue weighted by molar-refractivity contribution is -0.139. The molecule has 0 saturated carbocycles. The smallest absolute Gasteiger partial charge is 0.480 e. The molecule has 4 N–H and O–H groups in total. The Hall–Kier alpha value is -1.28. The van der Waals surface area contributed by atoms with Gasteiger partial charge in [0.25, 0.3) is 0 Å². The Morgan fingerprint density at radius 2 is 2.39 bits per heavy atom. The summed E-state index contributed by atoms with van der Waals surface area (Å²) in [6.45, 7) is -0.0690. The molecular weight excluding hydrogens is 260 g/mol. The first-order valence-corrected chi connectivity index (χ1v) is 5.60. The van der Waals surface area contributed by atoms with Crippen molar-refractivity contribution in [2.24, 2.45) is 5.73 Å². The molecule has 0 spiro atoms. The van der Waals surface area contributed by atoms with Crippen LogP contribution >= 0.6 is 11.6 Å². The van der Waals surface area contributed by atoms with Gasteiger partial charge in [0.05, 0.1) is 11.6 Å². The Labute approximate surface area is 108 Å². The molecule has 0 saturated heterocycles. The third-order valence-corrected chi connectivity index (χ3v) is 3.06. The minimum absolute atomic E-state index is 0.161. The number of fused-ring (bicyclic) bond motifs is 1. The number of ether oxygens (including phenoxy) is 1. The largest absolute Gasteiger partial charge is 0.493 e. The van der Waals surface area contributed by atoms with Gasteiger partial charge in [-0.3, -0.25) is 0 Å². The Kier molecular flexibility index (Phi) is 3.77. The van der Waals surface area contributed by atoms with Crippen molar-refractivity contribution in [1.82, 2.24) is 0 Å². The van der Waals surface area contributed by atoms with E-state index in [0.717, 1.165) is 5.56 Å². The number of aliphatic carboxylic acids is 1. The molecule has 0 amide bonds. The number of halogens is 1. The SMILES string of the molecule is NCc1cc(OCC(=O)O)c(Cl)c2c1COB2O. The Morgan fingerprint density at radius 1 is 1.67 bits per heavy atom. The van der Waals surface area contributed by atoms with Crippen molar-refractivity contribution in [3.8, 4) is 5.75 Å². The van der Waals surface area contributed by atoms with Crippen molar-refractivity contribution in [2.45, 2.75) is 13.2 Å². The number of carbonyl (C=O) groups is 1. The lowest BCUT2D eigenvalue weighted by Gasteiger charge is -2.13. The number of carboxylic acids is 1. The fraction of sp³-hybridized carbons (Fsp3) is 0.300. The van der Waals surface area contributed by atoms with Gasteiger partial charge in [0.1, 0.15) is 5.75 Å². The molecule has 0 fully saturated rings. The van der Waals surface area contributed by atoms with Crippen molar-refractivity contribution in [3.63, 3.8) is 0 Å². The van der Waals surface area contributed by atoms with Gasteiger partial charge >= 0.3 is 13.1 Å². The lowest BCUT2D eigenvalue weighted by atomic mass is 9.78. The first-order valence-electron chi connectivity index (χ1n) is 5.23. The predicted octanol–water partition coefficient (Wildman–Crippen LogP) is -0.520. The van der Waals surface area contributed by atoms with Crippen molar-refractivity contribution in [3.05, 3.63) is 22.2 Å². The lowest BCUT2D eigenvalue weighted by Crippen LogP contribution is -2.30. The van der Waals surface area contributed by atoms with Gasteiger partial charge in [0, 0.05) is 12.0 Å². The fourth-order valence-electron chi connectivity index (χ4n) is 1.85. The zero-order chi connectivity index (χ0) is 13.3. The second-order valence-corrected chi connectivity index (χ2v) is 4.17. The van der Waals surface area contributed by atoms with Gasteiger partial charge in [-0.05, 0) is 17.2 Å². The zero-order valence-corrected chi connectivity index (χ0v) is 10.1. The molecule has 1 aliphatic heterocycles. The third kappa shape index (κ3) is 2.30. The molecule has 2 rings (SSSR count). The molecule has 0 atom stereocenters. The van der Waals surface area contributed by atoms with E-state index in [0.29, 0.717) is 11.0 Å². The van der Waals surface area contributed by atoms with E-state index in [1.54, 1.807) is 6.07 Å². The quantitative estimate of drug-likeness (QED) is 0.637. The molecular formula is C10H11BClNO5. The van der Waals surface area contributed by atoms with Crippen LogP contribution in [0.25, 0.3) is 0 Å². The van der Waals surface area contributed by atoms with E-state index >= 15 is 0 Å². The summed E-state index contributed by atoms with van der Waals surface area (Å²) in [4.78, 5) is 10.5. The van der Waals surface area contributed by atoms with Crippen LogP contribution in [0.4, 0.5) is 0 Å². The van der Waals surface area contributed by atoms with Gasteiger partial charge in [0.15, 0.2) is 6.61 Å². The summed E-state index contributed by atoms with van der Waals surface area (Å²) in [6, 6.07) is 1.57. The highest BCUT2D eigenvalue weighted by atomic mass is 35.5. The molecule has 0 bridgehead atoms. The molecule has 8 heteroatoms. The molecule has 96 valence electrons. The van der Waals surface area contributed by atoms with Crippen molar-refractivity contribution < 1.29 is 24.3 Å². The Bertz CT molecular complexity index is 496. The molecule has 1 heterocycles. The predicted molar refractivity (Wildman–Crippen MR) is 64.9 cm³/mol. The summed E-state index contributed by atoms with van der Waals surface area (Å²) < 4.78 is 10.1. The maximum Gasteiger partial charge on any atom is 0.493 e. The standard InChI is InChI=1S/C10H11BClNO5/c12-10-7(17-4-8(14)15)1-5(2-13)6-3-18-11(16)9(6)10/h1,16H,2-4,13H2,(H,14,15). The topological polar surface area (TPSA) is 102 Å². The molecule has 18 heavy (non-hydrogen) atoms. The second kappa shape index (κ2) is 5.15. The van der Waals surface area contributed by atoms with Crippen LogP contribution < -0.4 is 15.9 Å². The van der Waals surface area contributed by atoms with Crippen LogP contribution in [0.2, 0.25) is 5.02 Å². The highest BCUT2D eigenvalue weighted by Gasteiger charge is 2.33. The molecule has 0 aliphatic carbocycles. The van der Waals surface area contributed by atoms with Crippen molar-refractivity contribution in [2.75, 3.05) is 6.61 Å². The number of benzene rings is 1. The van der Waals surface area contributed by atoms with Crippen LogP contribution in [-0.2, 0) is 22.6 Å². The maximum atomic E-state index is 10.5. The highest BCUT2D eigenvalue weighted by Crippen LogP contribution is 2.30. The molecule has 0 unspecified atom stereocenters. The Balaban J connectivity index is 2.42. The van der Waals surface area contributed by atoms with E-state index in [9.17, 15) is 9.82 Å². The summed E-state index contributed by atoms with van der Waals surface area (Å²) in [5.74, 6) is -0.930. The van der Waals surface area contributed by atoms with Crippen LogP contribution in [0.3, 0.4) is 0 Å². The van der Waals surface area contributed by atoms with Crippen LogP contribution in [0.1, 0.15) is 11.1 Å². The van der Waals surface area contributed by atoms with Crippen LogP contribution in [-0.4, -0.2) is 29.8 Å². The third-order valence-electron chi connectivity index (χ3n) is 2.67. The van der Waals surface area contributed by atoms with Gasteiger partial charge < -0.3 is 25.3 Å². The second-order valence-electron chi connectivity index (χ2n) is 3.79. The van der Waals surface area contributed by atoms with Gasteiger partial charge in [0.2, 0.25) is 0 Å². The van der Waals surface area contributed by atoms with Gasteiger partial charge in [-0.1, -0.05) is 11.6 Å². The van der Waals surface area contributed by atoms with Crippen LogP contribution in [0, 0.1) is 0 Å². The first-order chi connectivity index (χ1) is 8.54. The van der Waals surface area contributed by atoms with E-state index in [1.165, 1.54) is 0 Å². The molecule has 1 aliphatic rings. The van der Waals surface area contributed by atoms with Crippen molar-refractivity contribution in [1.29, 1.82) is 0 Å². The monoisotopic (exact) mass is 271 g/mol. The maximum absolute atomic E-state index is 10.5. The Morgan fingerprint density at radius 3 is 3.00 bits per heavy atom. The number of carboxylic acid groups (broad SMARTS) is 1. The summed E-state index contributed by atoms with van der Waals surface area (Å²) >= 11 is 6.06. The number of rotatable bonds is 4. The van der Waals surface area contributed by atoms with E-state index in [-0.39, 0.29) is 23.9 Å². The van der Waals surface area contributed by atoms with Gasteiger partial charge in [-0.25, -0.2) is 4.79 Å². The van der Waals surface area contributed by atoms with E-state index in [1.807, 2.05) is 0 Å². The summed E-state index contributed by atoms with van der Waals surface area (Å²) in [5, 5.41) is 18.4. The van der Waals surface area contributed by atoms with Gasteiger partial charge in [-0.2, -0.15) is 0 Å². The van der Waals surface area contributed by atoms with Crippen LogP contribution in [0.5, 0.6) is 5.75 Å². The molecule has 6 nitrogen and oxygen atoms in total. The first kappa shape index (κ1) is 13.2. The normalized spacial score (nSPS) is 13.6. The average molecular weight is 271 g/mol. The molecule has 1 aromatic rings.